The summed E-state index contributed by atoms with van der Waals surface area (Å²) in [6.45, 7) is 2.81. The standard InChI is InChI=1S/C23H27N5O/c1-28(13-9-22-4-2-3-11-27-22)23(29)21-14-20(16-26-17-21)19-7-5-18(6-8-19)15-25-12-10-24/h2-8,11,14,16-17,25H,9-10,12-13,15,24H2,1H3. The summed E-state index contributed by atoms with van der Waals surface area (Å²) in [6, 6.07) is 16.0. The van der Waals surface area contributed by atoms with E-state index in [1.54, 1.807) is 30.5 Å². The van der Waals surface area contributed by atoms with Crippen molar-refractivity contribution >= 4 is 5.91 Å². The summed E-state index contributed by atoms with van der Waals surface area (Å²) >= 11 is 0. The number of pyridine rings is 2. The monoisotopic (exact) mass is 389 g/mol. The third-order valence-corrected chi connectivity index (χ3v) is 4.70. The zero-order valence-corrected chi connectivity index (χ0v) is 16.7. The lowest BCUT2D eigenvalue weighted by molar-refractivity contribution is 0.0796. The Morgan fingerprint density at radius 3 is 2.66 bits per heavy atom. The van der Waals surface area contributed by atoms with E-state index in [0.29, 0.717) is 18.7 Å². The summed E-state index contributed by atoms with van der Waals surface area (Å²) in [5.41, 5.74) is 10.2. The van der Waals surface area contributed by atoms with Crippen LogP contribution >= 0.6 is 0 Å². The molecular weight excluding hydrogens is 362 g/mol. The summed E-state index contributed by atoms with van der Waals surface area (Å²) < 4.78 is 0. The summed E-state index contributed by atoms with van der Waals surface area (Å²) in [6.07, 6.45) is 5.89. The molecule has 1 amide bonds. The number of nitrogens with two attached hydrogens (primary N) is 1. The molecule has 0 saturated heterocycles. The van der Waals surface area contributed by atoms with Crippen molar-refractivity contribution in [3.05, 3.63) is 83.9 Å². The Morgan fingerprint density at radius 1 is 1.10 bits per heavy atom. The van der Waals surface area contributed by atoms with Crippen molar-refractivity contribution in [2.75, 3.05) is 26.7 Å². The number of amides is 1. The minimum Gasteiger partial charge on any atom is -0.341 e. The lowest BCUT2D eigenvalue weighted by atomic mass is 10.0. The minimum absolute atomic E-state index is 0.0436. The molecule has 3 N–H and O–H groups in total. The van der Waals surface area contributed by atoms with Crippen molar-refractivity contribution in [1.29, 1.82) is 0 Å². The Bertz CT molecular complexity index is 912. The van der Waals surface area contributed by atoms with Gasteiger partial charge in [0.15, 0.2) is 0 Å². The van der Waals surface area contributed by atoms with Gasteiger partial charge in [0.1, 0.15) is 0 Å². The molecule has 0 fully saturated rings. The largest absolute Gasteiger partial charge is 0.341 e. The quantitative estimate of drug-likeness (QED) is 0.550. The van der Waals surface area contributed by atoms with E-state index in [-0.39, 0.29) is 5.91 Å². The highest BCUT2D eigenvalue weighted by molar-refractivity contribution is 5.94. The third-order valence-electron chi connectivity index (χ3n) is 4.70. The highest BCUT2D eigenvalue weighted by Gasteiger charge is 2.13. The van der Waals surface area contributed by atoms with Crippen LogP contribution in [0, 0.1) is 0 Å². The second-order valence-electron chi connectivity index (χ2n) is 6.92. The van der Waals surface area contributed by atoms with Gasteiger partial charge in [0.05, 0.1) is 5.56 Å². The fourth-order valence-corrected chi connectivity index (χ4v) is 3.01. The first-order valence-corrected chi connectivity index (χ1v) is 9.78. The Labute approximate surface area is 171 Å². The second-order valence-corrected chi connectivity index (χ2v) is 6.92. The molecule has 0 aliphatic carbocycles. The number of rotatable bonds is 9. The molecular formula is C23H27N5O. The van der Waals surface area contributed by atoms with Crippen LogP contribution in [0.3, 0.4) is 0 Å². The number of nitrogens with zero attached hydrogens (tertiary/aromatic N) is 3. The molecule has 0 bridgehead atoms. The van der Waals surface area contributed by atoms with E-state index in [0.717, 1.165) is 36.3 Å². The van der Waals surface area contributed by atoms with Crippen molar-refractivity contribution in [2.24, 2.45) is 5.73 Å². The van der Waals surface area contributed by atoms with Crippen LogP contribution in [-0.2, 0) is 13.0 Å². The van der Waals surface area contributed by atoms with Crippen LogP contribution in [0.4, 0.5) is 0 Å². The average molecular weight is 390 g/mol. The normalized spacial score (nSPS) is 10.7. The zero-order valence-electron chi connectivity index (χ0n) is 16.7. The number of hydrogen-bond acceptors (Lipinski definition) is 5. The molecule has 6 heteroatoms. The van der Waals surface area contributed by atoms with Gasteiger partial charge in [-0.1, -0.05) is 30.3 Å². The molecule has 2 aromatic heterocycles. The number of nitrogens with one attached hydrogen (secondary N) is 1. The van der Waals surface area contributed by atoms with Gasteiger partial charge >= 0.3 is 0 Å². The maximum absolute atomic E-state index is 12.8. The molecule has 3 rings (SSSR count). The van der Waals surface area contributed by atoms with E-state index >= 15 is 0 Å². The highest BCUT2D eigenvalue weighted by Crippen LogP contribution is 2.20. The third kappa shape index (κ3) is 5.94. The molecule has 0 radical (unpaired) electrons. The molecule has 0 atom stereocenters. The fourth-order valence-electron chi connectivity index (χ4n) is 3.01. The average Bonchev–Trinajstić information content (AvgIpc) is 2.78. The van der Waals surface area contributed by atoms with Crippen molar-refractivity contribution in [3.8, 4) is 11.1 Å². The SMILES string of the molecule is CN(CCc1ccccn1)C(=O)c1cncc(-c2ccc(CNCCN)cc2)c1. The van der Waals surface area contributed by atoms with E-state index in [1.165, 1.54) is 5.56 Å². The molecule has 0 saturated carbocycles. The molecule has 0 aliphatic rings. The van der Waals surface area contributed by atoms with Crippen LogP contribution in [0.25, 0.3) is 11.1 Å². The minimum atomic E-state index is -0.0436. The Balaban J connectivity index is 1.64. The molecule has 6 nitrogen and oxygen atoms in total. The smallest absolute Gasteiger partial charge is 0.255 e. The predicted octanol–water partition coefficient (Wildman–Crippen LogP) is 2.51. The number of carbonyl (C=O) groups is 1. The number of likely N-dealkylation sites (N-methyl/N-ethyl adjacent to an activating group) is 1. The molecule has 0 unspecified atom stereocenters. The fraction of sp³-hybridized carbons (Fsp3) is 0.261. The lowest BCUT2D eigenvalue weighted by Crippen LogP contribution is -2.29. The molecule has 1 aromatic carbocycles. The maximum atomic E-state index is 12.8. The summed E-state index contributed by atoms with van der Waals surface area (Å²) in [5.74, 6) is -0.0436. The van der Waals surface area contributed by atoms with Crippen LogP contribution in [0.2, 0.25) is 0 Å². The van der Waals surface area contributed by atoms with Crippen LogP contribution < -0.4 is 11.1 Å². The van der Waals surface area contributed by atoms with Gasteiger partial charge < -0.3 is 16.0 Å². The van der Waals surface area contributed by atoms with E-state index in [2.05, 4.69) is 39.6 Å². The summed E-state index contributed by atoms with van der Waals surface area (Å²) in [7, 11) is 1.81. The first kappa shape index (κ1) is 20.6. The van der Waals surface area contributed by atoms with Crippen molar-refractivity contribution in [2.45, 2.75) is 13.0 Å². The van der Waals surface area contributed by atoms with Crippen LogP contribution in [0.1, 0.15) is 21.6 Å². The molecule has 2 heterocycles. The van der Waals surface area contributed by atoms with Gasteiger partial charge in [0.2, 0.25) is 0 Å². The lowest BCUT2D eigenvalue weighted by Gasteiger charge is -2.17. The van der Waals surface area contributed by atoms with E-state index in [1.807, 2.05) is 24.3 Å². The van der Waals surface area contributed by atoms with Gasteiger partial charge in [-0.15, -0.1) is 0 Å². The van der Waals surface area contributed by atoms with Crippen LogP contribution in [0.15, 0.2) is 67.1 Å². The van der Waals surface area contributed by atoms with Gasteiger partial charge in [0.25, 0.3) is 5.91 Å². The Hall–Kier alpha value is -3.09. The first-order chi connectivity index (χ1) is 14.2. The molecule has 29 heavy (non-hydrogen) atoms. The molecule has 150 valence electrons. The molecule has 0 aliphatic heterocycles. The Kier molecular flexibility index (Phi) is 7.44. The van der Waals surface area contributed by atoms with Crippen molar-refractivity contribution in [1.82, 2.24) is 20.2 Å². The molecule has 3 aromatic rings. The van der Waals surface area contributed by atoms with Crippen LogP contribution in [-0.4, -0.2) is 47.5 Å². The van der Waals surface area contributed by atoms with E-state index in [4.69, 9.17) is 5.73 Å². The highest BCUT2D eigenvalue weighted by atomic mass is 16.2. The number of hydrogen-bond donors (Lipinski definition) is 2. The first-order valence-electron chi connectivity index (χ1n) is 9.78. The van der Waals surface area contributed by atoms with Gasteiger partial charge in [-0.05, 0) is 29.3 Å². The Morgan fingerprint density at radius 2 is 1.93 bits per heavy atom. The summed E-state index contributed by atoms with van der Waals surface area (Å²) in [4.78, 5) is 23.1. The van der Waals surface area contributed by atoms with Crippen molar-refractivity contribution < 1.29 is 4.79 Å². The predicted molar refractivity (Wildman–Crippen MR) is 115 cm³/mol. The maximum Gasteiger partial charge on any atom is 0.255 e. The van der Waals surface area contributed by atoms with Gasteiger partial charge in [-0.3, -0.25) is 14.8 Å². The molecule has 0 spiro atoms. The number of benzene rings is 1. The second kappa shape index (κ2) is 10.5. The van der Waals surface area contributed by atoms with Gasteiger partial charge in [0, 0.05) is 69.5 Å². The summed E-state index contributed by atoms with van der Waals surface area (Å²) in [5, 5.41) is 3.28. The van der Waals surface area contributed by atoms with Gasteiger partial charge in [-0.25, -0.2) is 0 Å². The number of carbonyl (C=O) groups excluding carboxylic acids is 1. The van der Waals surface area contributed by atoms with Crippen LogP contribution in [0.5, 0.6) is 0 Å². The van der Waals surface area contributed by atoms with E-state index in [9.17, 15) is 4.79 Å². The number of aromatic nitrogens is 2. The van der Waals surface area contributed by atoms with Crippen molar-refractivity contribution in [3.63, 3.8) is 0 Å². The van der Waals surface area contributed by atoms with E-state index < -0.39 is 0 Å². The van der Waals surface area contributed by atoms with Gasteiger partial charge in [-0.2, -0.15) is 0 Å². The topological polar surface area (TPSA) is 84.1 Å². The zero-order chi connectivity index (χ0) is 20.5.